The molecule has 1 aliphatic carbocycles. The van der Waals surface area contributed by atoms with Gasteiger partial charge in [0.15, 0.2) is 0 Å². The fourth-order valence-corrected chi connectivity index (χ4v) is 4.94. The van der Waals surface area contributed by atoms with Crippen molar-refractivity contribution in [1.29, 1.82) is 0 Å². The van der Waals surface area contributed by atoms with E-state index in [2.05, 4.69) is 10.6 Å². The normalized spacial score (nSPS) is 14.4. The number of rotatable bonds is 8. The Hall–Kier alpha value is -3.16. The molecule has 176 valence electrons. The second kappa shape index (κ2) is 11.3. The predicted octanol–water partition coefficient (Wildman–Crippen LogP) is 4.96. The SMILES string of the molecule is O=C(NCC(=O)N(c1ccc(Cl)cc1)C(C(=O)NC1CCCC1)c1ccccc1)c1cccs1. The lowest BCUT2D eigenvalue weighted by atomic mass is 10.0. The molecule has 1 aromatic heterocycles. The average Bonchev–Trinajstić information content (AvgIpc) is 3.57. The van der Waals surface area contributed by atoms with Crippen LogP contribution in [0.4, 0.5) is 5.69 Å². The Bertz CT molecular complexity index is 1110. The third-order valence-corrected chi connectivity index (χ3v) is 6.96. The summed E-state index contributed by atoms with van der Waals surface area (Å²) in [5.41, 5.74) is 1.21. The van der Waals surface area contributed by atoms with Gasteiger partial charge in [-0.1, -0.05) is 60.8 Å². The van der Waals surface area contributed by atoms with Gasteiger partial charge in [0.1, 0.15) is 6.04 Å². The fourth-order valence-electron chi connectivity index (χ4n) is 4.18. The van der Waals surface area contributed by atoms with E-state index in [1.165, 1.54) is 16.2 Å². The molecule has 1 atom stereocenters. The van der Waals surface area contributed by atoms with E-state index in [9.17, 15) is 14.4 Å². The van der Waals surface area contributed by atoms with Crippen LogP contribution < -0.4 is 15.5 Å². The van der Waals surface area contributed by atoms with Crippen molar-refractivity contribution < 1.29 is 14.4 Å². The summed E-state index contributed by atoms with van der Waals surface area (Å²) < 4.78 is 0. The molecule has 3 amide bonds. The highest BCUT2D eigenvalue weighted by molar-refractivity contribution is 7.12. The first-order valence-corrected chi connectivity index (χ1v) is 12.5. The van der Waals surface area contributed by atoms with Crippen LogP contribution in [0.15, 0.2) is 72.1 Å². The number of anilines is 1. The minimum absolute atomic E-state index is 0.0967. The molecule has 0 bridgehead atoms. The van der Waals surface area contributed by atoms with Gasteiger partial charge in [-0.05, 0) is 54.1 Å². The van der Waals surface area contributed by atoms with E-state index >= 15 is 0 Å². The van der Waals surface area contributed by atoms with Crippen LogP contribution in [0.25, 0.3) is 0 Å². The summed E-state index contributed by atoms with van der Waals surface area (Å²) >= 11 is 7.39. The van der Waals surface area contributed by atoms with E-state index in [1.807, 2.05) is 30.3 Å². The number of carbonyl (C=O) groups excluding carboxylic acids is 3. The first-order chi connectivity index (χ1) is 16.5. The van der Waals surface area contributed by atoms with E-state index in [0.717, 1.165) is 25.7 Å². The maximum absolute atomic E-state index is 13.6. The topological polar surface area (TPSA) is 78.5 Å². The molecule has 0 radical (unpaired) electrons. The Morgan fingerprint density at radius 2 is 1.68 bits per heavy atom. The smallest absolute Gasteiger partial charge is 0.261 e. The molecule has 0 saturated heterocycles. The molecule has 6 nitrogen and oxygen atoms in total. The molecule has 2 aromatic carbocycles. The van der Waals surface area contributed by atoms with Crippen molar-refractivity contribution >= 4 is 46.3 Å². The minimum Gasteiger partial charge on any atom is -0.351 e. The molecule has 1 heterocycles. The molecule has 1 saturated carbocycles. The highest BCUT2D eigenvalue weighted by Gasteiger charge is 2.34. The second-order valence-electron chi connectivity index (χ2n) is 8.20. The van der Waals surface area contributed by atoms with Gasteiger partial charge in [-0.2, -0.15) is 0 Å². The number of hydrogen-bond acceptors (Lipinski definition) is 4. The summed E-state index contributed by atoms with van der Waals surface area (Å²) in [6, 6.07) is 18.7. The molecule has 3 aromatic rings. The minimum atomic E-state index is -0.894. The van der Waals surface area contributed by atoms with Crippen molar-refractivity contribution in [1.82, 2.24) is 10.6 Å². The van der Waals surface area contributed by atoms with Crippen LogP contribution in [0, 0.1) is 0 Å². The zero-order chi connectivity index (χ0) is 23.9. The number of thiophene rings is 1. The van der Waals surface area contributed by atoms with Gasteiger partial charge >= 0.3 is 0 Å². The molecule has 34 heavy (non-hydrogen) atoms. The van der Waals surface area contributed by atoms with Crippen molar-refractivity contribution in [2.24, 2.45) is 0 Å². The number of nitrogens with one attached hydrogen (secondary N) is 2. The van der Waals surface area contributed by atoms with Crippen molar-refractivity contribution in [3.63, 3.8) is 0 Å². The fraction of sp³-hybridized carbons (Fsp3) is 0.269. The third kappa shape index (κ3) is 5.85. The monoisotopic (exact) mass is 495 g/mol. The van der Waals surface area contributed by atoms with Gasteiger partial charge in [0.2, 0.25) is 11.8 Å². The standard InChI is InChI=1S/C26H26ClN3O3S/c27-19-12-14-21(15-13-19)30(23(31)17-28-25(32)22-11-6-16-34-22)24(18-7-2-1-3-8-18)26(33)29-20-9-4-5-10-20/h1-3,6-8,11-16,20,24H,4-5,9-10,17H2,(H,28,32)(H,29,33). The van der Waals surface area contributed by atoms with E-state index in [-0.39, 0.29) is 24.4 Å². The molecular formula is C26H26ClN3O3S. The Morgan fingerprint density at radius 1 is 0.971 bits per heavy atom. The maximum Gasteiger partial charge on any atom is 0.261 e. The zero-order valence-electron chi connectivity index (χ0n) is 18.6. The van der Waals surface area contributed by atoms with Crippen molar-refractivity contribution in [3.05, 3.63) is 87.6 Å². The number of amides is 3. The third-order valence-electron chi connectivity index (χ3n) is 5.84. The van der Waals surface area contributed by atoms with Crippen LogP contribution in [0.5, 0.6) is 0 Å². The number of halogens is 1. The lowest BCUT2D eigenvalue weighted by Gasteiger charge is -2.32. The predicted molar refractivity (Wildman–Crippen MR) is 135 cm³/mol. The van der Waals surface area contributed by atoms with Gasteiger partial charge in [0.05, 0.1) is 11.4 Å². The van der Waals surface area contributed by atoms with Gasteiger partial charge in [0.25, 0.3) is 5.91 Å². The van der Waals surface area contributed by atoms with Crippen molar-refractivity contribution in [2.45, 2.75) is 37.8 Å². The quantitative estimate of drug-likeness (QED) is 0.463. The summed E-state index contributed by atoms with van der Waals surface area (Å²) in [7, 11) is 0. The lowest BCUT2D eigenvalue weighted by Crippen LogP contribution is -2.49. The molecule has 1 aliphatic rings. The average molecular weight is 496 g/mol. The van der Waals surface area contributed by atoms with Gasteiger partial charge in [-0.3, -0.25) is 19.3 Å². The van der Waals surface area contributed by atoms with Crippen molar-refractivity contribution in [2.75, 3.05) is 11.4 Å². The van der Waals surface area contributed by atoms with Gasteiger partial charge in [0, 0.05) is 16.8 Å². The summed E-state index contributed by atoms with van der Waals surface area (Å²) in [6.07, 6.45) is 4.02. The summed E-state index contributed by atoms with van der Waals surface area (Å²) in [5.74, 6) is -0.972. The van der Waals surface area contributed by atoms with Gasteiger partial charge in [-0.15, -0.1) is 11.3 Å². The first-order valence-electron chi connectivity index (χ1n) is 11.3. The van der Waals surface area contributed by atoms with Gasteiger partial charge < -0.3 is 10.6 Å². The van der Waals surface area contributed by atoms with Crippen LogP contribution in [-0.2, 0) is 9.59 Å². The maximum atomic E-state index is 13.6. The molecule has 4 rings (SSSR count). The van der Waals surface area contributed by atoms with E-state index in [1.54, 1.807) is 41.8 Å². The van der Waals surface area contributed by atoms with E-state index in [0.29, 0.717) is 21.2 Å². The number of benzene rings is 2. The van der Waals surface area contributed by atoms with Crippen molar-refractivity contribution in [3.8, 4) is 0 Å². The molecule has 8 heteroatoms. The Balaban J connectivity index is 1.65. The molecule has 1 unspecified atom stereocenters. The van der Waals surface area contributed by atoms with Crippen LogP contribution in [0.3, 0.4) is 0 Å². The molecule has 1 fully saturated rings. The zero-order valence-corrected chi connectivity index (χ0v) is 20.1. The van der Waals surface area contributed by atoms with Gasteiger partial charge in [-0.25, -0.2) is 0 Å². The van der Waals surface area contributed by atoms with Crippen LogP contribution >= 0.6 is 22.9 Å². The Kier molecular flexibility index (Phi) is 7.98. The van der Waals surface area contributed by atoms with Crippen LogP contribution in [0.2, 0.25) is 5.02 Å². The summed E-state index contributed by atoms with van der Waals surface area (Å²) in [5, 5.41) is 8.15. The second-order valence-corrected chi connectivity index (χ2v) is 9.59. The summed E-state index contributed by atoms with van der Waals surface area (Å²) in [4.78, 5) is 41.6. The number of hydrogen-bond donors (Lipinski definition) is 2. The van der Waals surface area contributed by atoms with Crippen LogP contribution in [0.1, 0.15) is 47.0 Å². The number of carbonyl (C=O) groups is 3. The molecule has 0 aliphatic heterocycles. The molecule has 0 spiro atoms. The lowest BCUT2D eigenvalue weighted by molar-refractivity contribution is -0.126. The Labute approximate surface area is 207 Å². The van der Waals surface area contributed by atoms with Crippen LogP contribution in [-0.4, -0.2) is 30.3 Å². The molecule has 2 N–H and O–H groups in total. The number of nitrogens with zero attached hydrogens (tertiary/aromatic N) is 1. The van der Waals surface area contributed by atoms with E-state index < -0.39 is 11.9 Å². The largest absolute Gasteiger partial charge is 0.351 e. The highest BCUT2D eigenvalue weighted by Crippen LogP contribution is 2.30. The Morgan fingerprint density at radius 3 is 2.32 bits per heavy atom. The van der Waals surface area contributed by atoms with E-state index in [4.69, 9.17) is 11.6 Å². The molecular weight excluding hydrogens is 470 g/mol. The highest BCUT2D eigenvalue weighted by atomic mass is 35.5. The first kappa shape index (κ1) is 24.0. The summed E-state index contributed by atoms with van der Waals surface area (Å²) in [6.45, 7) is -0.251.